The number of methoxy groups -OCH3 is 2. The van der Waals surface area contributed by atoms with Crippen LogP contribution < -0.4 is 9.47 Å². The molecule has 4 heteroatoms. The van der Waals surface area contributed by atoms with Gasteiger partial charge in [-0.1, -0.05) is 24.3 Å². The van der Waals surface area contributed by atoms with E-state index in [0.717, 1.165) is 0 Å². The maximum atomic E-state index is 12.5. The predicted molar refractivity (Wildman–Crippen MR) is 72.9 cm³/mol. The van der Waals surface area contributed by atoms with E-state index in [1.807, 2.05) is 0 Å². The van der Waals surface area contributed by atoms with Gasteiger partial charge in [0, 0.05) is 22.3 Å². The van der Waals surface area contributed by atoms with Crippen LogP contribution in [0.25, 0.3) is 0 Å². The SMILES string of the molecule is COc1cc2c(cc1OC)C(=O)c1ccccc1C2=O. The number of ether oxygens (including phenoxy) is 2. The second-order valence-corrected chi connectivity index (χ2v) is 4.46. The average molecular weight is 268 g/mol. The van der Waals surface area contributed by atoms with Crippen LogP contribution in [-0.4, -0.2) is 25.8 Å². The molecule has 2 aromatic carbocycles. The summed E-state index contributed by atoms with van der Waals surface area (Å²) in [5.41, 5.74) is 1.56. The molecular formula is C16H12O4. The highest BCUT2D eigenvalue weighted by Crippen LogP contribution is 2.35. The molecule has 0 aromatic heterocycles. The third-order valence-electron chi connectivity index (χ3n) is 3.43. The van der Waals surface area contributed by atoms with Gasteiger partial charge in [0.25, 0.3) is 0 Å². The van der Waals surface area contributed by atoms with E-state index in [-0.39, 0.29) is 11.6 Å². The Balaban J connectivity index is 2.28. The Morgan fingerprint density at radius 1 is 0.700 bits per heavy atom. The van der Waals surface area contributed by atoms with E-state index in [1.165, 1.54) is 14.2 Å². The minimum Gasteiger partial charge on any atom is -0.493 e. The van der Waals surface area contributed by atoms with Gasteiger partial charge in [0.15, 0.2) is 23.1 Å². The highest BCUT2D eigenvalue weighted by molar-refractivity contribution is 6.28. The first-order valence-electron chi connectivity index (χ1n) is 6.12. The molecule has 20 heavy (non-hydrogen) atoms. The Morgan fingerprint density at radius 2 is 1.10 bits per heavy atom. The molecule has 0 bridgehead atoms. The second-order valence-electron chi connectivity index (χ2n) is 4.46. The highest BCUT2D eigenvalue weighted by Gasteiger charge is 2.30. The number of fused-ring (bicyclic) bond motifs is 2. The molecule has 0 radical (unpaired) electrons. The van der Waals surface area contributed by atoms with Crippen molar-refractivity contribution in [1.82, 2.24) is 0 Å². The van der Waals surface area contributed by atoms with Crippen LogP contribution in [0.1, 0.15) is 31.8 Å². The van der Waals surface area contributed by atoms with Gasteiger partial charge in [-0.3, -0.25) is 9.59 Å². The van der Waals surface area contributed by atoms with Crippen LogP contribution in [0.3, 0.4) is 0 Å². The van der Waals surface area contributed by atoms with Crippen LogP contribution in [0.2, 0.25) is 0 Å². The van der Waals surface area contributed by atoms with Crippen LogP contribution in [0.15, 0.2) is 36.4 Å². The van der Waals surface area contributed by atoms with Crippen molar-refractivity contribution >= 4 is 11.6 Å². The van der Waals surface area contributed by atoms with Crippen molar-refractivity contribution in [3.8, 4) is 11.5 Å². The van der Waals surface area contributed by atoms with Gasteiger partial charge in [0.05, 0.1) is 14.2 Å². The van der Waals surface area contributed by atoms with Crippen molar-refractivity contribution in [2.75, 3.05) is 14.2 Å². The Labute approximate surface area is 115 Å². The molecular weight excluding hydrogens is 256 g/mol. The lowest BCUT2D eigenvalue weighted by Gasteiger charge is -2.19. The number of carbonyl (C=O) groups is 2. The summed E-state index contributed by atoms with van der Waals surface area (Å²) < 4.78 is 10.4. The van der Waals surface area contributed by atoms with Crippen LogP contribution in [-0.2, 0) is 0 Å². The molecule has 0 spiro atoms. The monoisotopic (exact) mass is 268 g/mol. The van der Waals surface area contributed by atoms with Crippen molar-refractivity contribution < 1.29 is 19.1 Å². The summed E-state index contributed by atoms with van der Waals surface area (Å²) in [6.45, 7) is 0. The number of hydrogen-bond acceptors (Lipinski definition) is 4. The van der Waals surface area contributed by atoms with Gasteiger partial charge < -0.3 is 9.47 Å². The lowest BCUT2D eigenvalue weighted by Crippen LogP contribution is -2.21. The number of ketones is 2. The maximum Gasteiger partial charge on any atom is 0.194 e. The van der Waals surface area contributed by atoms with Gasteiger partial charge in [-0.25, -0.2) is 0 Å². The van der Waals surface area contributed by atoms with Crippen molar-refractivity contribution in [3.05, 3.63) is 58.7 Å². The molecule has 0 unspecified atom stereocenters. The molecule has 0 saturated carbocycles. The molecule has 3 rings (SSSR count). The van der Waals surface area contributed by atoms with Crippen molar-refractivity contribution in [3.63, 3.8) is 0 Å². The predicted octanol–water partition coefficient (Wildman–Crippen LogP) is 2.48. The fourth-order valence-corrected chi connectivity index (χ4v) is 2.42. The van der Waals surface area contributed by atoms with E-state index >= 15 is 0 Å². The zero-order chi connectivity index (χ0) is 14.3. The second kappa shape index (κ2) is 4.49. The van der Waals surface area contributed by atoms with Gasteiger partial charge in [0.2, 0.25) is 0 Å². The lowest BCUT2D eigenvalue weighted by atomic mass is 9.84. The van der Waals surface area contributed by atoms with Gasteiger partial charge in [-0.2, -0.15) is 0 Å². The van der Waals surface area contributed by atoms with Gasteiger partial charge >= 0.3 is 0 Å². The highest BCUT2D eigenvalue weighted by atomic mass is 16.5. The minimum atomic E-state index is -0.170. The topological polar surface area (TPSA) is 52.6 Å². The summed E-state index contributed by atoms with van der Waals surface area (Å²) in [4.78, 5) is 24.9. The Kier molecular flexibility index (Phi) is 2.79. The van der Waals surface area contributed by atoms with Crippen molar-refractivity contribution in [1.29, 1.82) is 0 Å². The molecule has 100 valence electrons. The third kappa shape index (κ3) is 1.61. The Bertz CT molecular complexity index is 669. The van der Waals surface area contributed by atoms with E-state index in [9.17, 15) is 9.59 Å². The molecule has 0 amide bonds. The summed E-state index contributed by atoms with van der Waals surface area (Å²) in [5, 5.41) is 0. The van der Waals surface area contributed by atoms with E-state index in [0.29, 0.717) is 33.8 Å². The van der Waals surface area contributed by atoms with Crippen molar-refractivity contribution in [2.24, 2.45) is 0 Å². The molecule has 2 aromatic rings. The molecule has 0 atom stereocenters. The number of carbonyl (C=O) groups excluding carboxylic acids is 2. The Morgan fingerprint density at radius 3 is 1.45 bits per heavy atom. The fourth-order valence-electron chi connectivity index (χ4n) is 2.42. The lowest BCUT2D eigenvalue weighted by molar-refractivity contribution is 0.0978. The molecule has 0 heterocycles. The zero-order valence-corrected chi connectivity index (χ0v) is 11.1. The standard InChI is InChI=1S/C16H12O4/c1-19-13-7-11-12(8-14(13)20-2)16(18)10-6-4-3-5-9(10)15(11)17/h3-8H,1-2H3. The summed E-state index contributed by atoms with van der Waals surface area (Å²) in [5.74, 6) is 0.533. The number of rotatable bonds is 2. The van der Waals surface area contributed by atoms with Crippen LogP contribution in [0.4, 0.5) is 0 Å². The van der Waals surface area contributed by atoms with Crippen LogP contribution in [0, 0.1) is 0 Å². The smallest absolute Gasteiger partial charge is 0.194 e. The number of hydrogen-bond donors (Lipinski definition) is 0. The van der Waals surface area contributed by atoms with E-state index in [2.05, 4.69) is 0 Å². The molecule has 1 aliphatic carbocycles. The minimum absolute atomic E-state index is 0.170. The summed E-state index contributed by atoms with van der Waals surface area (Å²) >= 11 is 0. The molecule has 0 saturated heterocycles. The first-order valence-corrected chi connectivity index (χ1v) is 6.12. The summed E-state index contributed by atoms with van der Waals surface area (Å²) in [7, 11) is 2.99. The summed E-state index contributed by atoms with van der Waals surface area (Å²) in [6.07, 6.45) is 0. The van der Waals surface area contributed by atoms with Crippen molar-refractivity contribution in [2.45, 2.75) is 0 Å². The first kappa shape index (κ1) is 12.4. The first-order chi connectivity index (χ1) is 9.67. The van der Waals surface area contributed by atoms with E-state index < -0.39 is 0 Å². The van der Waals surface area contributed by atoms with E-state index in [4.69, 9.17) is 9.47 Å². The zero-order valence-electron chi connectivity index (χ0n) is 11.1. The van der Waals surface area contributed by atoms with Crippen LogP contribution >= 0.6 is 0 Å². The van der Waals surface area contributed by atoms with Gasteiger partial charge in [0.1, 0.15) is 0 Å². The number of benzene rings is 2. The Hall–Kier alpha value is -2.62. The molecule has 0 aliphatic heterocycles. The van der Waals surface area contributed by atoms with Crippen LogP contribution in [0.5, 0.6) is 11.5 Å². The molecule has 0 N–H and O–H groups in total. The van der Waals surface area contributed by atoms with Gasteiger partial charge in [-0.15, -0.1) is 0 Å². The fraction of sp³-hybridized carbons (Fsp3) is 0.125. The quantitative estimate of drug-likeness (QED) is 0.716. The normalized spacial score (nSPS) is 12.7. The molecule has 0 fully saturated rings. The summed E-state index contributed by atoms with van der Waals surface area (Å²) in [6, 6.07) is 9.94. The van der Waals surface area contributed by atoms with Gasteiger partial charge in [-0.05, 0) is 12.1 Å². The maximum absolute atomic E-state index is 12.5. The largest absolute Gasteiger partial charge is 0.493 e. The van der Waals surface area contributed by atoms with E-state index in [1.54, 1.807) is 36.4 Å². The third-order valence-corrected chi connectivity index (χ3v) is 3.43. The molecule has 4 nitrogen and oxygen atoms in total. The average Bonchev–Trinajstić information content (AvgIpc) is 2.51. The molecule has 1 aliphatic rings.